The van der Waals surface area contributed by atoms with Crippen LogP contribution in [-0.2, 0) is 9.53 Å². The summed E-state index contributed by atoms with van der Waals surface area (Å²) in [6.07, 6.45) is 0.376. The highest BCUT2D eigenvalue weighted by molar-refractivity contribution is 5.68. The number of azo groups is 1. The van der Waals surface area contributed by atoms with Gasteiger partial charge in [0.05, 0.1) is 22.8 Å². The number of carbonyl (C=O) groups excluding carboxylic acids is 1. The quantitative estimate of drug-likeness (QED) is 0.273. The number of ether oxygens (including phenoxy) is 1. The van der Waals surface area contributed by atoms with E-state index in [4.69, 9.17) is 4.74 Å². The van der Waals surface area contributed by atoms with E-state index in [-0.39, 0.29) is 11.7 Å². The predicted molar refractivity (Wildman–Crippen MR) is 103 cm³/mol. The third-order valence-electron chi connectivity index (χ3n) is 3.85. The van der Waals surface area contributed by atoms with Crippen LogP contribution in [0, 0.1) is 10.1 Å². The van der Waals surface area contributed by atoms with Crippen LogP contribution in [0.3, 0.4) is 0 Å². The summed E-state index contributed by atoms with van der Waals surface area (Å²) in [4.78, 5) is 23.5. The minimum atomic E-state index is -0.456. The van der Waals surface area contributed by atoms with Gasteiger partial charge in [-0.2, -0.15) is 10.2 Å². The smallest absolute Gasteiger partial charge is 0.305 e. The van der Waals surface area contributed by atoms with E-state index in [1.54, 1.807) is 19.1 Å². The molecule has 142 valence electrons. The fourth-order valence-electron chi connectivity index (χ4n) is 2.33. The Morgan fingerprint density at radius 1 is 1.04 bits per heavy atom. The van der Waals surface area contributed by atoms with Gasteiger partial charge in [0, 0.05) is 30.8 Å². The van der Waals surface area contributed by atoms with Gasteiger partial charge in [0.25, 0.3) is 5.69 Å². The zero-order valence-corrected chi connectivity index (χ0v) is 15.4. The van der Waals surface area contributed by atoms with Crippen molar-refractivity contribution < 1.29 is 14.5 Å². The van der Waals surface area contributed by atoms with E-state index in [2.05, 4.69) is 15.1 Å². The molecule has 0 aliphatic carbocycles. The van der Waals surface area contributed by atoms with Gasteiger partial charge in [-0.3, -0.25) is 14.9 Å². The molecule has 0 bridgehead atoms. The molecule has 27 heavy (non-hydrogen) atoms. The second-order valence-electron chi connectivity index (χ2n) is 5.64. The first kappa shape index (κ1) is 20.0. The van der Waals surface area contributed by atoms with Crippen LogP contribution in [0.2, 0.25) is 0 Å². The first-order valence-corrected chi connectivity index (χ1v) is 8.70. The highest BCUT2D eigenvalue weighted by Crippen LogP contribution is 2.23. The average Bonchev–Trinajstić information content (AvgIpc) is 2.70. The van der Waals surface area contributed by atoms with E-state index in [1.807, 2.05) is 31.2 Å². The lowest BCUT2D eigenvalue weighted by Gasteiger charge is -2.22. The lowest BCUT2D eigenvalue weighted by molar-refractivity contribution is -0.384. The molecule has 2 aromatic carbocycles. The van der Waals surface area contributed by atoms with Crippen LogP contribution in [-0.4, -0.2) is 30.6 Å². The van der Waals surface area contributed by atoms with Gasteiger partial charge in [0.1, 0.15) is 6.61 Å². The van der Waals surface area contributed by atoms with Crippen molar-refractivity contribution in [3.8, 4) is 0 Å². The van der Waals surface area contributed by atoms with Crippen LogP contribution in [0.15, 0.2) is 58.8 Å². The van der Waals surface area contributed by atoms with Gasteiger partial charge < -0.3 is 9.64 Å². The van der Waals surface area contributed by atoms with Crippen LogP contribution in [0.1, 0.15) is 20.3 Å². The molecule has 0 spiro atoms. The van der Waals surface area contributed by atoms with Crippen molar-refractivity contribution >= 4 is 28.7 Å². The summed E-state index contributed by atoms with van der Waals surface area (Å²) in [6, 6.07) is 13.4. The van der Waals surface area contributed by atoms with Crippen LogP contribution >= 0.6 is 0 Å². The predicted octanol–water partition coefficient (Wildman–Crippen LogP) is 4.79. The number of rotatable bonds is 9. The molecule has 0 heterocycles. The van der Waals surface area contributed by atoms with Crippen LogP contribution < -0.4 is 4.90 Å². The maximum Gasteiger partial charge on any atom is 0.305 e. The van der Waals surface area contributed by atoms with E-state index in [1.165, 1.54) is 12.1 Å². The third-order valence-corrected chi connectivity index (χ3v) is 3.85. The first-order chi connectivity index (χ1) is 13.0. The Hall–Kier alpha value is -3.29. The van der Waals surface area contributed by atoms with E-state index >= 15 is 0 Å². The fourth-order valence-corrected chi connectivity index (χ4v) is 2.33. The Labute approximate surface area is 157 Å². The number of carbonyl (C=O) groups is 1. The standard InChI is InChI=1S/C19H22N4O4/c1-3-19(24)27-14-13-22(4-2)17-9-5-15(6-10-17)20-21-16-7-11-18(12-8-16)23(25)26/h5-12H,3-4,13-14H2,1-2H3. The molecule has 0 aliphatic heterocycles. The third kappa shape index (κ3) is 6.18. The summed E-state index contributed by atoms with van der Waals surface area (Å²) < 4.78 is 5.12. The number of benzene rings is 2. The number of non-ortho nitro benzene ring substituents is 1. The minimum absolute atomic E-state index is 0.0163. The van der Waals surface area contributed by atoms with Gasteiger partial charge in [0.15, 0.2) is 0 Å². The number of esters is 1. The van der Waals surface area contributed by atoms with Gasteiger partial charge in [-0.05, 0) is 43.3 Å². The number of nitrogens with zero attached hydrogens (tertiary/aromatic N) is 4. The Kier molecular flexibility index (Phi) is 7.42. The monoisotopic (exact) mass is 370 g/mol. The Bertz CT molecular complexity index is 788. The largest absolute Gasteiger partial charge is 0.464 e. The van der Waals surface area contributed by atoms with Gasteiger partial charge in [-0.1, -0.05) is 6.92 Å². The fraction of sp³-hybridized carbons (Fsp3) is 0.316. The van der Waals surface area contributed by atoms with Gasteiger partial charge in [0.2, 0.25) is 0 Å². The van der Waals surface area contributed by atoms with E-state index in [9.17, 15) is 14.9 Å². The Morgan fingerprint density at radius 3 is 2.07 bits per heavy atom. The number of nitro benzene ring substituents is 1. The summed E-state index contributed by atoms with van der Waals surface area (Å²) in [7, 11) is 0. The van der Waals surface area contributed by atoms with Crippen molar-refractivity contribution in [2.75, 3.05) is 24.6 Å². The van der Waals surface area contributed by atoms with Crippen molar-refractivity contribution in [3.05, 3.63) is 58.6 Å². The number of nitro groups is 1. The molecule has 0 saturated heterocycles. The summed E-state index contributed by atoms with van der Waals surface area (Å²) in [5.41, 5.74) is 2.23. The molecule has 8 heteroatoms. The normalized spacial score (nSPS) is 10.7. The maximum atomic E-state index is 11.2. The SMILES string of the molecule is CCC(=O)OCCN(CC)c1ccc(N=Nc2ccc([N+](=O)[O-])cc2)cc1. The molecule has 0 saturated carbocycles. The zero-order valence-electron chi connectivity index (χ0n) is 15.4. The van der Waals surface area contributed by atoms with Crippen LogP contribution in [0.25, 0.3) is 0 Å². The molecule has 0 aromatic heterocycles. The molecule has 0 unspecified atom stereocenters. The molecular weight excluding hydrogens is 348 g/mol. The van der Waals surface area contributed by atoms with Crippen LogP contribution in [0.4, 0.5) is 22.7 Å². The van der Waals surface area contributed by atoms with Crippen molar-refractivity contribution in [1.29, 1.82) is 0 Å². The molecular formula is C19H22N4O4. The lowest BCUT2D eigenvalue weighted by atomic mass is 10.2. The molecule has 0 aliphatic rings. The number of anilines is 1. The molecule has 0 atom stereocenters. The number of hydrogen-bond acceptors (Lipinski definition) is 7. The molecule has 0 fully saturated rings. The van der Waals surface area contributed by atoms with Crippen molar-refractivity contribution in [1.82, 2.24) is 0 Å². The summed E-state index contributed by atoms with van der Waals surface area (Å²) >= 11 is 0. The number of hydrogen-bond donors (Lipinski definition) is 0. The molecule has 0 amide bonds. The highest BCUT2D eigenvalue weighted by atomic mass is 16.6. The lowest BCUT2D eigenvalue weighted by Crippen LogP contribution is -2.27. The van der Waals surface area contributed by atoms with Crippen LogP contribution in [0.5, 0.6) is 0 Å². The van der Waals surface area contributed by atoms with Crippen molar-refractivity contribution in [2.45, 2.75) is 20.3 Å². The van der Waals surface area contributed by atoms with Gasteiger partial charge >= 0.3 is 5.97 Å². The van der Waals surface area contributed by atoms with Crippen molar-refractivity contribution in [3.63, 3.8) is 0 Å². The van der Waals surface area contributed by atoms with E-state index in [0.717, 1.165) is 12.2 Å². The van der Waals surface area contributed by atoms with E-state index in [0.29, 0.717) is 30.9 Å². The average molecular weight is 370 g/mol. The second-order valence-corrected chi connectivity index (χ2v) is 5.64. The van der Waals surface area contributed by atoms with Gasteiger partial charge in [-0.25, -0.2) is 0 Å². The topological polar surface area (TPSA) is 97.4 Å². The Morgan fingerprint density at radius 2 is 1.59 bits per heavy atom. The molecule has 0 radical (unpaired) electrons. The zero-order chi connectivity index (χ0) is 19.6. The summed E-state index contributed by atoms with van der Waals surface area (Å²) in [5.74, 6) is -0.201. The summed E-state index contributed by atoms with van der Waals surface area (Å²) in [5, 5.41) is 18.9. The first-order valence-electron chi connectivity index (χ1n) is 8.70. The molecule has 2 aromatic rings. The second kappa shape index (κ2) is 10.0. The molecule has 2 rings (SSSR count). The molecule has 0 N–H and O–H groups in total. The summed E-state index contributed by atoms with van der Waals surface area (Å²) in [6.45, 7) is 5.55. The number of likely N-dealkylation sites (N-methyl/N-ethyl adjacent to an activating group) is 1. The Balaban J connectivity index is 1.96. The molecule has 8 nitrogen and oxygen atoms in total. The maximum absolute atomic E-state index is 11.2. The highest BCUT2D eigenvalue weighted by Gasteiger charge is 2.06. The van der Waals surface area contributed by atoms with Gasteiger partial charge in [-0.15, -0.1) is 0 Å². The van der Waals surface area contributed by atoms with Crippen molar-refractivity contribution in [2.24, 2.45) is 10.2 Å². The van der Waals surface area contributed by atoms with E-state index < -0.39 is 4.92 Å². The minimum Gasteiger partial charge on any atom is -0.464 e.